The average Bonchev–Trinajstić information content (AvgIpc) is 2.51. The van der Waals surface area contributed by atoms with Crippen LogP contribution in [0, 0.1) is 5.92 Å². The number of carbonyl (C=O) groups excluding carboxylic acids is 3. The van der Waals surface area contributed by atoms with E-state index in [0.29, 0.717) is 11.4 Å². The Bertz CT molecular complexity index is 562. The molecule has 4 amide bonds. The number of primary amides is 1. The van der Waals surface area contributed by atoms with Crippen molar-refractivity contribution >= 4 is 29.4 Å². The van der Waals surface area contributed by atoms with E-state index >= 15 is 0 Å². The molecule has 0 radical (unpaired) electrons. The lowest BCUT2D eigenvalue weighted by Crippen LogP contribution is -2.55. The van der Waals surface area contributed by atoms with Crippen LogP contribution in [0.5, 0.6) is 0 Å². The maximum Gasteiger partial charge on any atom is 0.312 e. The smallest absolute Gasteiger partial charge is 0.312 e. The van der Waals surface area contributed by atoms with E-state index < -0.39 is 18.0 Å². The number of nitrogens with two attached hydrogens (primary N) is 1. The number of benzene rings is 1. The Morgan fingerprint density at radius 1 is 1.17 bits per heavy atom. The Morgan fingerprint density at radius 2 is 1.78 bits per heavy atom. The molecular formula is C15H21ClN4O3. The molecule has 0 spiro atoms. The number of urea groups is 1. The number of hydrogen-bond donors (Lipinski definition) is 4. The lowest BCUT2D eigenvalue weighted by atomic mass is 9.99. The van der Waals surface area contributed by atoms with E-state index in [1.807, 2.05) is 6.92 Å². The van der Waals surface area contributed by atoms with Crippen LogP contribution in [-0.2, 0) is 16.0 Å². The van der Waals surface area contributed by atoms with Crippen LogP contribution in [0.25, 0.3) is 0 Å². The van der Waals surface area contributed by atoms with E-state index in [4.69, 9.17) is 17.3 Å². The summed E-state index contributed by atoms with van der Waals surface area (Å²) in [6, 6.07) is 5.20. The van der Waals surface area contributed by atoms with E-state index in [9.17, 15) is 14.4 Å². The fraction of sp³-hybridized carbons (Fsp3) is 0.400. The number of amides is 4. The third-order valence-electron chi connectivity index (χ3n) is 3.40. The van der Waals surface area contributed by atoms with Crippen LogP contribution in [0.15, 0.2) is 24.3 Å². The van der Waals surface area contributed by atoms with Crippen molar-refractivity contribution in [3.63, 3.8) is 0 Å². The predicted molar refractivity (Wildman–Crippen MR) is 87.4 cm³/mol. The third-order valence-corrected chi connectivity index (χ3v) is 3.65. The van der Waals surface area contributed by atoms with Crippen molar-refractivity contribution in [3.05, 3.63) is 34.9 Å². The Hall–Kier alpha value is -2.28. The van der Waals surface area contributed by atoms with Crippen LogP contribution >= 0.6 is 11.6 Å². The molecule has 0 aliphatic rings. The molecule has 2 atom stereocenters. The Balaban J connectivity index is 2.53. The molecule has 0 bridgehead atoms. The summed E-state index contributed by atoms with van der Waals surface area (Å²) in [5.41, 5.74) is 10.4. The third kappa shape index (κ3) is 6.56. The molecule has 0 fully saturated rings. The molecule has 7 nitrogen and oxygen atoms in total. The normalized spacial score (nSPS) is 12.8. The van der Waals surface area contributed by atoms with Crippen molar-refractivity contribution in [2.24, 2.45) is 11.7 Å². The minimum atomic E-state index is -0.812. The molecule has 0 aliphatic heterocycles. The molecule has 1 aromatic carbocycles. The molecule has 5 N–H and O–H groups in total. The fourth-order valence-electron chi connectivity index (χ4n) is 1.90. The minimum Gasteiger partial charge on any atom is -0.352 e. The van der Waals surface area contributed by atoms with Gasteiger partial charge in [-0.3, -0.25) is 20.4 Å². The second-order valence-electron chi connectivity index (χ2n) is 5.21. The summed E-state index contributed by atoms with van der Waals surface area (Å²) in [6.45, 7) is 3.68. The molecule has 0 aromatic heterocycles. The lowest BCUT2D eigenvalue weighted by molar-refractivity contribution is -0.130. The number of hydrazine groups is 1. The van der Waals surface area contributed by atoms with Gasteiger partial charge < -0.3 is 11.1 Å². The van der Waals surface area contributed by atoms with Crippen LogP contribution in [0.2, 0.25) is 5.02 Å². The Kier molecular flexibility index (Phi) is 7.34. The van der Waals surface area contributed by atoms with Crippen molar-refractivity contribution in [3.8, 4) is 0 Å². The largest absolute Gasteiger partial charge is 0.352 e. The first-order chi connectivity index (χ1) is 10.8. The first kappa shape index (κ1) is 18.8. The number of rotatable bonds is 6. The summed E-state index contributed by atoms with van der Waals surface area (Å²) in [7, 11) is 0. The molecule has 0 heterocycles. The molecule has 1 rings (SSSR count). The summed E-state index contributed by atoms with van der Waals surface area (Å²) in [6.07, 6.45) is 0.756. The van der Waals surface area contributed by atoms with Crippen molar-refractivity contribution in [1.29, 1.82) is 0 Å². The van der Waals surface area contributed by atoms with E-state index in [1.165, 1.54) is 0 Å². The Labute approximate surface area is 139 Å². The molecule has 0 saturated heterocycles. The van der Waals surface area contributed by atoms with Gasteiger partial charge in [-0.1, -0.05) is 44.0 Å². The van der Waals surface area contributed by atoms with Crippen molar-refractivity contribution < 1.29 is 14.4 Å². The van der Waals surface area contributed by atoms with Gasteiger partial charge in [0.05, 0.1) is 6.42 Å². The summed E-state index contributed by atoms with van der Waals surface area (Å²) < 4.78 is 0. The van der Waals surface area contributed by atoms with E-state index in [2.05, 4.69) is 16.2 Å². The second kappa shape index (κ2) is 8.99. The van der Waals surface area contributed by atoms with Crippen molar-refractivity contribution in [1.82, 2.24) is 16.2 Å². The topological polar surface area (TPSA) is 113 Å². The number of carbonyl (C=O) groups is 3. The summed E-state index contributed by atoms with van der Waals surface area (Å²) in [5, 5.41) is 2.95. The van der Waals surface area contributed by atoms with E-state index in [-0.39, 0.29) is 18.2 Å². The van der Waals surface area contributed by atoms with Crippen LogP contribution in [0.1, 0.15) is 25.8 Å². The summed E-state index contributed by atoms with van der Waals surface area (Å²) in [5.74, 6) is -1.04. The summed E-state index contributed by atoms with van der Waals surface area (Å²) >= 11 is 5.77. The highest BCUT2D eigenvalue weighted by atomic mass is 35.5. The Morgan fingerprint density at radius 3 is 2.30 bits per heavy atom. The van der Waals surface area contributed by atoms with Gasteiger partial charge in [0.2, 0.25) is 5.91 Å². The maximum atomic E-state index is 12.1. The monoisotopic (exact) mass is 340 g/mol. The first-order valence-electron chi connectivity index (χ1n) is 7.22. The molecule has 1 aromatic rings. The van der Waals surface area contributed by atoms with Gasteiger partial charge in [-0.15, -0.1) is 0 Å². The van der Waals surface area contributed by atoms with Gasteiger partial charge >= 0.3 is 6.03 Å². The first-order valence-corrected chi connectivity index (χ1v) is 7.60. The number of halogens is 1. The van der Waals surface area contributed by atoms with Gasteiger partial charge in [0.1, 0.15) is 6.04 Å². The molecule has 8 heteroatoms. The highest BCUT2D eigenvalue weighted by Crippen LogP contribution is 2.10. The van der Waals surface area contributed by atoms with Crippen LogP contribution in [0.4, 0.5) is 4.79 Å². The van der Waals surface area contributed by atoms with Gasteiger partial charge in [-0.25, -0.2) is 4.79 Å². The zero-order valence-corrected chi connectivity index (χ0v) is 13.8. The van der Waals surface area contributed by atoms with E-state index in [1.54, 1.807) is 31.2 Å². The van der Waals surface area contributed by atoms with E-state index in [0.717, 1.165) is 5.56 Å². The zero-order valence-electron chi connectivity index (χ0n) is 13.1. The standard InChI is InChI=1S/C15H21ClN4O3/c1-3-9(2)13(18-15(17)23)14(22)20-19-12(21)8-10-4-6-11(16)7-5-10/h4-7,9,13H,3,8H2,1-2H3,(H,19,21)(H,20,22)(H3,17,18,23). The quantitative estimate of drug-likeness (QED) is 0.582. The van der Waals surface area contributed by atoms with Gasteiger partial charge in [0.15, 0.2) is 0 Å². The molecule has 0 aliphatic carbocycles. The van der Waals surface area contributed by atoms with Crippen molar-refractivity contribution in [2.45, 2.75) is 32.7 Å². The van der Waals surface area contributed by atoms with Crippen LogP contribution < -0.4 is 21.9 Å². The average molecular weight is 341 g/mol. The van der Waals surface area contributed by atoms with Gasteiger partial charge in [0.25, 0.3) is 5.91 Å². The van der Waals surface area contributed by atoms with Gasteiger partial charge in [-0.2, -0.15) is 0 Å². The number of hydrogen-bond acceptors (Lipinski definition) is 3. The number of nitrogens with one attached hydrogen (secondary N) is 3. The molecule has 126 valence electrons. The summed E-state index contributed by atoms with van der Waals surface area (Å²) in [4.78, 5) is 34.9. The second-order valence-corrected chi connectivity index (χ2v) is 5.65. The predicted octanol–water partition coefficient (Wildman–Crippen LogP) is 1.11. The fourth-order valence-corrected chi connectivity index (χ4v) is 2.02. The van der Waals surface area contributed by atoms with Gasteiger partial charge in [0, 0.05) is 5.02 Å². The minimum absolute atomic E-state index is 0.0920. The SMILES string of the molecule is CCC(C)C(NC(N)=O)C(=O)NNC(=O)Cc1ccc(Cl)cc1. The van der Waals surface area contributed by atoms with Crippen LogP contribution in [-0.4, -0.2) is 23.9 Å². The highest BCUT2D eigenvalue weighted by molar-refractivity contribution is 6.30. The molecule has 2 unspecified atom stereocenters. The van der Waals surface area contributed by atoms with Crippen LogP contribution in [0.3, 0.4) is 0 Å². The lowest BCUT2D eigenvalue weighted by Gasteiger charge is -2.22. The zero-order chi connectivity index (χ0) is 17.4. The maximum absolute atomic E-state index is 12.1. The van der Waals surface area contributed by atoms with Crippen molar-refractivity contribution in [2.75, 3.05) is 0 Å². The molecule has 23 heavy (non-hydrogen) atoms. The molecular weight excluding hydrogens is 320 g/mol. The van der Waals surface area contributed by atoms with Gasteiger partial charge in [-0.05, 0) is 23.6 Å². The molecule has 0 saturated carbocycles. The highest BCUT2D eigenvalue weighted by Gasteiger charge is 2.25.